The standard InChI is InChI=1S/C19H27N2O2/c1-3-5-12-23-15-19(22)14-21-11-10-20(16-21)13-18-8-6-17(4-2)7-9-18/h4,6-11,16,19,22H,2-3,5,12-15H2,1H3/q+1. The molecule has 0 saturated carbocycles. The Morgan fingerprint density at radius 3 is 2.83 bits per heavy atom. The van der Waals surface area contributed by atoms with Crippen LogP contribution in [0.2, 0.25) is 0 Å². The molecule has 0 radical (unpaired) electrons. The van der Waals surface area contributed by atoms with Gasteiger partial charge in [0.2, 0.25) is 6.33 Å². The number of aliphatic hydroxyl groups is 1. The van der Waals surface area contributed by atoms with Gasteiger partial charge in [-0.15, -0.1) is 0 Å². The van der Waals surface area contributed by atoms with Gasteiger partial charge in [-0.2, -0.15) is 0 Å². The van der Waals surface area contributed by atoms with E-state index in [9.17, 15) is 5.11 Å². The molecule has 0 fully saturated rings. The molecule has 124 valence electrons. The van der Waals surface area contributed by atoms with Crippen LogP contribution in [-0.2, 0) is 17.8 Å². The first-order valence-corrected chi connectivity index (χ1v) is 8.23. The molecule has 1 atom stereocenters. The van der Waals surface area contributed by atoms with Crippen molar-refractivity contribution in [2.45, 2.75) is 39.0 Å². The van der Waals surface area contributed by atoms with E-state index >= 15 is 0 Å². The first-order chi connectivity index (χ1) is 11.2. The van der Waals surface area contributed by atoms with Crippen molar-refractivity contribution in [3.8, 4) is 0 Å². The van der Waals surface area contributed by atoms with Gasteiger partial charge in [0.25, 0.3) is 0 Å². The van der Waals surface area contributed by atoms with Crippen LogP contribution in [0.3, 0.4) is 0 Å². The van der Waals surface area contributed by atoms with E-state index in [1.165, 1.54) is 5.56 Å². The Morgan fingerprint density at radius 2 is 2.13 bits per heavy atom. The monoisotopic (exact) mass is 315 g/mol. The highest BCUT2D eigenvalue weighted by Gasteiger charge is 2.11. The third-order valence-corrected chi connectivity index (χ3v) is 3.70. The maximum Gasteiger partial charge on any atom is 0.244 e. The van der Waals surface area contributed by atoms with Crippen molar-refractivity contribution >= 4 is 6.08 Å². The van der Waals surface area contributed by atoms with E-state index in [1.807, 2.05) is 29.4 Å². The molecule has 0 bridgehead atoms. The fourth-order valence-electron chi connectivity index (χ4n) is 2.37. The van der Waals surface area contributed by atoms with Gasteiger partial charge in [-0.1, -0.05) is 50.3 Å². The van der Waals surface area contributed by atoms with Crippen LogP contribution in [0.25, 0.3) is 6.08 Å². The van der Waals surface area contributed by atoms with Crippen molar-refractivity contribution in [2.24, 2.45) is 0 Å². The third-order valence-electron chi connectivity index (χ3n) is 3.70. The van der Waals surface area contributed by atoms with Crippen LogP contribution >= 0.6 is 0 Å². The SMILES string of the molecule is C=Cc1ccc(C[n+]2ccn(CC(O)COCCCC)c2)cc1. The first kappa shape index (κ1) is 17.4. The summed E-state index contributed by atoms with van der Waals surface area (Å²) in [6.45, 7) is 8.37. The van der Waals surface area contributed by atoms with Gasteiger partial charge < -0.3 is 9.84 Å². The van der Waals surface area contributed by atoms with Crippen molar-refractivity contribution < 1.29 is 14.4 Å². The number of nitrogens with zero attached hydrogens (tertiary/aromatic N) is 2. The minimum atomic E-state index is -0.473. The highest BCUT2D eigenvalue weighted by Crippen LogP contribution is 2.05. The highest BCUT2D eigenvalue weighted by molar-refractivity contribution is 5.47. The minimum Gasteiger partial charge on any atom is -0.387 e. The lowest BCUT2D eigenvalue weighted by atomic mass is 10.1. The molecular formula is C19H27N2O2+. The van der Waals surface area contributed by atoms with Crippen molar-refractivity contribution in [1.82, 2.24) is 4.57 Å². The predicted molar refractivity (Wildman–Crippen MR) is 92.0 cm³/mol. The van der Waals surface area contributed by atoms with E-state index in [0.717, 1.165) is 31.6 Å². The van der Waals surface area contributed by atoms with Crippen LogP contribution in [-0.4, -0.2) is 29.0 Å². The van der Waals surface area contributed by atoms with Crippen molar-refractivity contribution in [2.75, 3.05) is 13.2 Å². The molecule has 4 heteroatoms. The van der Waals surface area contributed by atoms with Crippen LogP contribution in [0.4, 0.5) is 0 Å². The van der Waals surface area contributed by atoms with Gasteiger partial charge in [0, 0.05) is 6.61 Å². The molecule has 1 unspecified atom stereocenters. The summed E-state index contributed by atoms with van der Waals surface area (Å²) in [7, 11) is 0. The largest absolute Gasteiger partial charge is 0.387 e. The summed E-state index contributed by atoms with van der Waals surface area (Å²) < 4.78 is 9.55. The average molecular weight is 315 g/mol. The number of hydrogen-bond donors (Lipinski definition) is 1. The van der Waals surface area contributed by atoms with E-state index in [-0.39, 0.29) is 0 Å². The van der Waals surface area contributed by atoms with Gasteiger partial charge in [0.1, 0.15) is 31.6 Å². The number of rotatable bonds is 10. The normalized spacial score (nSPS) is 12.3. The maximum absolute atomic E-state index is 9.99. The van der Waals surface area contributed by atoms with Crippen LogP contribution in [0, 0.1) is 0 Å². The molecule has 1 aromatic carbocycles. The molecule has 23 heavy (non-hydrogen) atoms. The summed E-state index contributed by atoms with van der Waals surface area (Å²) in [5.41, 5.74) is 2.37. The molecule has 1 heterocycles. The Hall–Kier alpha value is -1.91. The van der Waals surface area contributed by atoms with Crippen molar-refractivity contribution in [3.05, 3.63) is 60.7 Å². The van der Waals surface area contributed by atoms with Crippen molar-refractivity contribution in [3.63, 3.8) is 0 Å². The topological polar surface area (TPSA) is 38.3 Å². The summed E-state index contributed by atoms with van der Waals surface area (Å²) in [5, 5.41) is 9.99. The zero-order valence-corrected chi connectivity index (χ0v) is 13.9. The van der Waals surface area contributed by atoms with Gasteiger partial charge in [0.05, 0.1) is 6.61 Å². The summed E-state index contributed by atoms with van der Waals surface area (Å²) in [4.78, 5) is 0. The second kappa shape index (κ2) is 9.28. The third kappa shape index (κ3) is 6.00. The van der Waals surface area contributed by atoms with Gasteiger partial charge in [-0.25, -0.2) is 9.13 Å². The Kier molecular flexibility index (Phi) is 7.04. The minimum absolute atomic E-state index is 0.390. The van der Waals surface area contributed by atoms with Gasteiger partial charge in [-0.05, 0) is 17.5 Å². The zero-order valence-electron chi connectivity index (χ0n) is 13.9. The van der Waals surface area contributed by atoms with Crippen LogP contribution in [0.1, 0.15) is 30.9 Å². The molecular weight excluding hydrogens is 288 g/mol. The number of unbranched alkanes of at least 4 members (excludes halogenated alkanes) is 1. The lowest BCUT2D eigenvalue weighted by Crippen LogP contribution is -2.32. The lowest BCUT2D eigenvalue weighted by Gasteiger charge is -2.08. The molecule has 1 aromatic heterocycles. The Balaban J connectivity index is 1.81. The Morgan fingerprint density at radius 1 is 1.35 bits per heavy atom. The number of aromatic nitrogens is 2. The molecule has 4 nitrogen and oxygen atoms in total. The van der Waals surface area contributed by atoms with Gasteiger partial charge >= 0.3 is 0 Å². The Bertz CT molecular complexity index is 590. The van der Waals surface area contributed by atoms with Crippen molar-refractivity contribution in [1.29, 1.82) is 0 Å². The summed E-state index contributed by atoms with van der Waals surface area (Å²) in [6.07, 6.45) is 9.54. The molecule has 0 aliphatic carbocycles. The molecule has 0 amide bonds. The highest BCUT2D eigenvalue weighted by atomic mass is 16.5. The molecule has 0 aliphatic heterocycles. The van der Waals surface area contributed by atoms with E-state index < -0.39 is 6.10 Å². The van der Waals surface area contributed by atoms with Crippen LogP contribution in [0.15, 0.2) is 49.6 Å². The molecule has 2 aromatic rings. The summed E-state index contributed by atoms with van der Waals surface area (Å²) >= 11 is 0. The van der Waals surface area contributed by atoms with E-state index in [0.29, 0.717) is 13.2 Å². The first-order valence-electron chi connectivity index (χ1n) is 8.23. The van der Waals surface area contributed by atoms with Gasteiger partial charge in [-0.3, -0.25) is 0 Å². The maximum atomic E-state index is 9.99. The molecule has 0 spiro atoms. The smallest absolute Gasteiger partial charge is 0.244 e. The number of hydrogen-bond acceptors (Lipinski definition) is 2. The fraction of sp³-hybridized carbons (Fsp3) is 0.421. The van der Waals surface area contributed by atoms with Crippen LogP contribution in [0.5, 0.6) is 0 Å². The van der Waals surface area contributed by atoms with E-state index in [4.69, 9.17) is 4.74 Å². The number of aliphatic hydroxyl groups excluding tert-OH is 1. The summed E-state index contributed by atoms with van der Waals surface area (Å²) in [5.74, 6) is 0. The fourth-order valence-corrected chi connectivity index (χ4v) is 2.37. The van der Waals surface area contributed by atoms with Gasteiger partial charge in [0.15, 0.2) is 0 Å². The van der Waals surface area contributed by atoms with E-state index in [2.05, 4.69) is 42.3 Å². The molecule has 0 aliphatic rings. The lowest BCUT2D eigenvalue weighted by molar-refractivity contribution is -0.687. The molecule has 1 N–H and O–H groups in total. The zero-order chi connectivity index (χ0) is 16.5. The number of ether oxygens (including phenoxy) is 1. The molecule has 0 saturated heterocycles. The average Bonchev–Trinajstić information content (AvgIpc) is 2.99. The summed E-state index contributed by atoms with van der Waals surface area (Å²) in [6, 6.07) is 8.35. The number of imidazole rings is 1. The number of benzene rings is 1. The molecule has 2 rings (SSSR count). The van der Waals surface area contributed by atoms with Crippen LogP contribution < -0.4 is 4.57 Å². The second-order valence-corrected chi connectivity index (χ2v) is 5.81. The Labute approximate surface area is 138 Å². The predicted octanol–water partition coefficient (Wildman–Crippen LogP) is 2.64. The van der Waals surface area contributed by atoms with E-state index in [1.54, 1.807) is 0 Å². The quantitative estimate of drug-likeness (QED) is 0.541. The second-order valence-electron chi connectivity index (χ2n) is 5.81.